The third kappa shape index (κ3) is 3.66. The number of hydrogen-bond acceptors (Lipinski definition) is 8. The highest BCUT2D eigenvalue weighted by molar-refractivity contribution is 6.11. The van der Waals surface area contributed by atoms with Gasteiger partial charge in [0.1, 0.15) is 22.4 Å². The van der Waals surface area contributed by atoms with Gasteiger partial charge in [-0.2, -0.15) is 5.10 Å². The van der Waals surface area contributed by atoms with Crippen molar-refractivity contribution in [2.75, 3.05) is 20.3 Å². The molecule has 12 heteroatoms. The predicted octanol–water partition coefficient (Wildman–Crippen LogP) is 3.36. The summed E-state index contributed by atoms with van der Waals surface area (Å²) in [5.41, 5.74) is 2.78. The van der Waals surface area contributed by atoms with E-state index in [1.54, 1.807) is 24.8 Å². The fourth-order valence-electron chi connectivity index (χ4n) is 5.48. The molecule has 0 unspecified atom stereocenters. The van der Waals surface area contributed by atoms with Gasteiger partial charge in [-0.3, -0.25) is 14.6 Å². The van der Waals surface area contributed by atoms with Crippen LogP contribution in [0.25, 0.3) is 33.3 Å². The van der Waals surface area contributed by atoms with Crippen molar-refractivity contribution >= 4 is 28.0 Å². The van der Waals surface area contributed by atoms with Crippen LogP contribution in [-0.4, -0.2) is 65.6 Å². The van der Waals surface area contributed by atoms with Gasteiger partial charge in [0, 0.05) is 49.4 Å². The number of carbonyl (C=O) groups excluding carboxylic acids is 1. The molecule has 5 aromatic heterocycles. The number of esters is 1. The smallest absolute Gasteiger partial charge is 0.360 e. The first-order chi connectivity index (χ1) is 19.6. The fraction of sp³-hybridized carbons (Fsp3) is 0.385. The molecule has 0 radical (unpaired) electrons. The van der Waals surface area contributed by atoms with E-state index in [1.807, 2.05) is 4.57 Å². The lowest BCUT2D eigenvalue weighted by atomic mass is 9.88. The fourth-order valence-corrected chi connectivity index (χ4v) is 5.48. The van der Waals surface area contributed by atoms with Crippen LogP contribution in [0.15, 0.2) is 30.6 Å². The molecule has 196 valence electrons. The molecule has 0 aliphatic carbocycles. The van der Waals surface area contributed by atoms with Gasteiger partial charge < -0.3 is 14.0 Å². The average molecular weight is 522 g/mol. The number of aryl methyl sites for hydroxylation is 3. The third-order valence-electron chi connectivity index (χ3n) is 7.15. The van der Waals surface area contributed by atoms with E-state index in [2.05, 4.69) is 20.4 Å². The van der Waals surface area contributed by atoms with Crippen molar-refractivity contribution in [1.82, 2.24) is 39.3 Å². The van der Waals surface area contributed by atoms with Gasteiger partial charge in [0.15, 0.2) is 5.69 Å². The van der Waals surface area contributed by atoms with Gasteiger partial charge in [0.2, 0.25) is 0 Å². The van der Waals surface area contributed by atoms with Gasteiger partial charge in [-0.05, 0) is 43.8 Å². The van der Waals surface area contributed by atoms with Crippen LogP contribution in [0, 0.1) is 18.6 Å². The van der Waals surface area contributed by atoms with Crippen molar-refractivity contribution < 1.29 is 22.8 Å². The number of hydrogen-bond donors (Lipinski definition) is 0. The van der Waals surface area contributed by atoms with Gasteiger partial charge in [0.25, 0.3) is 0 Å². The largest absolute Gasteiger partial charge is 0.464 e. The monoisotopic (exact) mass is 521 g/mol. The number of halogens is 1. The van der Waals surface area contributed by atoms with E-state index in [-0.39, 0.29) is 28.7 Å². The van der Waals surface area contributed by atoms with Crippen LogP contribution < -0.4 is 0 Å². The molecule has 1 aliphatic heterocycles. The first-order valence-electron chi connectivity index (χ1n) is 13.7. The van der Waals surface area contributed by atoms with Gasteiger partial charge >= 0.3 is 5.97 Å². The van der Waals surface area contributed by atoms with Crippen molar-refractivity contribution in [1.29, 1.82) is 0 Å². The molecule has 5 aromatic rings. The van der Waals surface area contributed by atoms with E-state index >= 15 is 4.39 Å². The summed E-state index contributed by atoms with van der Waals surface area (Å²) in [6.07, 6.45) is 4.32. The normalized spacial score (nSPS) is 16.9. The minimum Gasteiger partial charge on any atom is -0.464 e. The van der Waals surface area contributed by atoms with Crippen molar-refractivity contribution in [3.8, 4) is 11.3 Å². The van der Waals surface area contributed by atoms with Gasteiger partial charge in [-0.1, -0.05) is 5.21 Å². The first-order valence-corrected chi connectivity index (χ1v) is 12.2. The van der Waals surface area contributed by atoms with E-state index in [9.17, 15) is 4.79 Å². The Morgan fingerprint density at radius 3 is 2.79 bits per heavy atom. The molecule has 1 atom stereocenters. The zero-order valence-electron chi connectivity index (χ0n) is 24.1. The van der Waals surface area contributed by atoms with Crippen LogP contribution >= 0.6 is 0 Å². The molecule has 11 nitrogen and oxygen atoms in total. The van der Waals surface area contributed by atoms with Crippen LogP contribution in [0.5, 0.6) is 0 Å². The zero-order chi connectivity index (χ0) is 29.1. The number of fused-ring (bicyclic) bond motifs is 3. The van der Waals surface area contributed by atoms with E-state index in [4.69, 9.17) is 18.6 Å². The highest BCUT2D eigenvalue weighted by atomic mass is 19.1. The number of aromatic nitrogens is 8. The Morgan fingerprint density at radius 2 is 2.05 bits per heavy atom. The number of rotatable bonds is 5. The number of nitrogens with zero attached hydrogens (tertiary/aromatic N) is 8. The van der Waals surface area contributed by atoms with Gasteiger partial charge in [-0.25, -0.2) is 13.9 Å². The molecule has 6 heterocycles. The van der Waals surface area contributed by atoms with Crippen molar-refractivity contribution in [2.24, 2.45) is 20.0 Å². The molecule has 0 bridgehead atoms. The molecule has 1 aliphatic rings. The van der Waals surface area contributed by atoms with Crippen molar-refractivity contribution in [3.63, 3.8) is 0 Å². The summed E-state index contributed by atoms with van der Waals surface area (Å²) in [6, 6.07) is 3.98. The highest BCUT2D eigenvalue weighted by Crippen LogP contribution is 2.42. The Balaban J connectivity index is 1.73. The molecule has 38 heavy (non-hydrogen) atoms. The second-order valence-corrected chi connectivity index (χ2v) is 9.30. The molecular weight excluding hydrogens is 491 g/mol. The van der Waals surface area contributed by atoms with E-state index in [0.717, 1.165) is 0 Å². The second-order valence-electron chi connectivity index (χ2n) is 9.30. The topological polar surface area (TPSA) is 115 Å². The van der Waals surface area contributed by atoms with E-state index < -0.39 is 24.7 Å². The third-order valence-corrected chi connectivity index (χ3v) is 7.15. The molecule has 0 spiro atoms. The lowest BCUT2D eigenvalue weighted by Gasteiger charge is -2.32. The predicted molar refractivity (Wildman–Crippen MR) is 136 cm³/mol. The van der Waals surface area contributed by atoms with E-state index in [0.29, 0.717) is 53.7 Å². The maximum Gasteiger partial charge on any atom is 0.360 e. The van der Waals surface area contributed by atoms with Crippen LogP contribution in [0.4, 0.5) is 4.39 Å². The minimum atomic E-state index is -2.52. The molecule has 6 rings (SSSR count). The summed E-state index contributed by atoms with van der Waals surface area (Å²) < 4.78 is 54.9. The maximum absolute atomic E-state index is 15.5. The van der Waals surface area contributed by atoms with Crippen LogP contribution in [0.1, 0.15) is 44.9 Å². The summed E-state index contributed by atoms with van der Waals surface area (Å²) in [5, 5.41) is 12.3. The Hall–Kier alpha value is -4.19. The molecule has 0 aromatic carbocycles. The molecule has 1 fully saturated rings. The Bertz CT molecular complexity index is 1790. The average Bonchev–Trinajstić information content (AvgIpc) is 3.61. The molecule has 0 N–H and O–H groups in total. The van der Waals surface area contributed by atoms with Crippen LogP contribution in [0.3, 0.4) is 0 Å². The summed E-state index contributed by atoms with van der Waals surface area (Å²) in [7, 11) is 4.56. The van der Waals surface area contributed by atoms with Gasteiger partial charge in [0.05, 0.1) is 35.8 Å². The number of pyridine rings is 2. The Labute approximate surface area is 221 Å². The number of carbonyl (C=O) groups is 1. The number of methoxy groups -OCH3 is 1. The second kappa shape index (κ2) is 9.28. The quantitative estimate of drug-likeness (QED) is 0.324. The molecular formula is C26H27FN8O3. The molecule has 0 saturated carbocycles. The lowest BCUT2D eigenvalue weighted by molar-refractivity contribution is 0.0539. The maximum atomic E-state index is 15.5. The summed E-state index contributed by atoms with van der Waals surface area (Å²) >= 11 is 0. The van der Waals surface area contributed by atoms with Crippen molar-refractivity contribution in [3.05, 3.63) is 53.5 Å². The minimum absolute atomic E-state index is 0.0447. The van der Waals surface area contributed by atoms with Crippen molar-refractivity contribution in [2.45, 2.75) is 25.7 Å². The molecule has 0 amide bonds. The lowest BCUT2D eigenvalue weighted by Crippen LogP contribution is -2.28. The first kappa shape index (κ1) is 20.8. The summed E-state index contributed by atoms with van der Waals surface area (Å²) in [6.45, 7) is -1.54. The number of ether oxygens (including phenoxy) is 2. The summed E-state index contributed by atoms with van der Waals surface area (Å²) in [4.78, 5) is 22.2. The van der Waals surface area contributed by atoms with E-state index in [1.165, 1.54) is 36.3 Å². The van der Waals surface area contributed by atoms with Crippen LogP contribution in [-0.2, 0) is 23.6 Å². The van der Waals surface area contributed by atoms with Crippen LogP contribution in [0.2, 0.25) is 0 Å². The Morgan fingerprint density at radius 1 is 1.24 bits per heavy atom. The zero-order valence-corrected chi connectivity index (χ0v) is 21.1. The standard InChI is InChI=1S/C26H27FN8O3/c1-14-22(34(3)32-30-14)16-12-18-20(29-13-16)24-25(21(26(36)37-4)31-33(24)2)35(18)23(15-7-10-38-11-8-15)19-17(27)6-5-9-28-19/h5-6,9,12-13,15,23H,7-8,10-11H2,1-4H3/t23-/m0/s1/i1D3. The highest BCUT2D eigenvalue weighted by Gasteiger charge is 2.36. The van der Waals surface area contributed by atoms with Gasteiger partial charge in [-0.15, -0.1) is 5.10 Å². The Kier molecular flexibility index (Phi) is 5.09. The molecule has 1 saturated heterocycles. The summed E-state index contributed by atoms with van der Waals surface area (Å²) in [5.74, 6) is -1.27. The SMILES string of the molecule is [2H]C([2H])([2H])c1nnn(C)c1-c1cnc2c3c(c(C(=O)OC)nn3C)n([C@H](c3ncccc3F)C3CCOCC3)c2c1.